The molecular formula is C19H20O5. The van der Waals surface area contributed by atoms with Gasteiger partial charge in [-0.3, -0.25) is 0 Å². The van der Waals surface area contributed by atoms with E-state index in [1.807, 2.05) is 26.0 Å². The van der Waals surface area contributed by atoms with E-state index < -0.39 is 5.97 Å². The minimum atomic E-state index is -1.10. The highest BCUT2D eigenvalue weighted by atomic mass is 16.5. The van der Waals surface area contributed by atoms with Crippen molar-refractivity contribution >= 4 is 11.5 Å². The fraction of sp³-hybridized carbons (Fsp3) is 0.211. The smallest absolute Gasteiger partial charge is 0.339 e. The van der Waals surface area contributed by atoms with Crippen LogP contribution in [0.25, 0.3) is 5.57 Å². The van der Waals surface area contributed by atoms with E-state index >= 15 is 0 Å². The first kappa shape index (κ1) is 17.4. The van der Waals surface area contributed by atoms with E-state index in [0.717, 1.165) is 5.56 Å². The molecule has 0 fully saturated rings. The van der Waals surface area contributed by atoms with Gasteiger partial charge in [-0.2, -0.15) is 0 Å². The van der Waals surface area contributed by atoms with E-state index in [9.17, 15) is 9.90 Å². The van der Waals surface area contributed by atoms with Crippen LogP contribution in [-0.2, 0) is 9.53 Å². The van der Waals surface area contributed by atoms with Crippen LogP contribution in [0.2, 0.25) is 0 Å². The molecule has 0 aliphatic carbocycles. The minimum absolute atomic E-state index is 0.0127. The molecule has 0 spiro atoms. The molecule has 0 aromatic heterocycles. The third-order valence-corrected chi connectivity index (χ3v) is 3.33. The molecule has 1 N–H and O–H groups in total. The lowest BCUT2D eigenvalue weighted by atomic mass is 10.1. The summed E-state index contributed by atoms with van der Waals surface area (Å²) in [6.07, 6.45) is 1.18. The van der Waals surface area contributed by atoms with Crippen molar-refractivity contribution in [3.05, 3.63) is 59.9 Å². The molecule has 0 radical (unpaired) electrons. The van der Waals surface area contributed by atoms with Crippen molar-refractivity contribution in [2.45, 2.75) is 13.8 Å². The second kappa shape index (κ2) is 8.06. The number of benzene rings is 2. The van der Waals surface area contributed by atoms with Crippen LogP contribution < -0.4 is 9.47 Å². The van der Waals surface area contributed by atoms with Crippen LogP contribution in [0.1, 0.15) is 18.1 Å². The first-order valence-electron chi connectivity index (χ1n) is 7.54. The number of rotatable bonds is 7. The molecule has 0 aliphatic heterocycles. The van der Waals surface area contributed by atoms with Crippen LogP contribution in [0.4, 0.5) is 0 Å². The average molecular weight is 328 g/mol. The summed E-state index contributed by atoms with van der Waals surface area (Å²) in [7, 11) is 1.40. The van der Waals surface area contributed by atoms with Crippen LogP contribution in [0, 0.1) is 6.92 Å². The standard InChI is InChI=1S/C19H20O5/c1-4-23-18-13(2)8-7-11-17(18)24-16-10-6-5-9-14(16)15(12-22-3)19(20)21/h5-12H,4H2,1-3H3,(H,20,21)/b15-12+. The Labute approximate surface area is 141 Å². The van der Waals surface area contributed by atoms with Crippen molar-refractivity contribution in [1.82, 2.24) is 0 Å². The molecule has 0 amide bonds. The number of aryl methyl sites for hydroxylation is 1. The largest absolute Gasteiger partial charge is 0.503 e. The first-order valence-corrected chi connectivity index (χ1v) is 7.54. The van der Waals surface area contributed by atoms with Gasteiger partial charge in [-0.15, -0.1) is 0 Å². The van der Waals surface area contributed by atoms with Crippen molar-refractivity contribution in [1.29, 1.82) is 0 Å². The van der Waals surface area contributed by atoms with Gasteiger partial charge in [0, 0.05) is 5.56 Å². The quantitative estimate of drug-likeness (QED) is 0.608. The molecule has 2 rings (SSSR count). The molecule has 0 heterocycles. The number of para-hydroxylation sites is 2. The molecule has 2 aromatic rings. The van der Waals surface area contributed by atoms with Crippen LogP contribution in [0.3, 0.4) is 0 Å². The predicted molar refractivity (Wildman–Crippen MR) is 91.5 cm³/mol. The van der Waals surface area contributed by atoms with Crippen LogP contribution in [0.5, 0.6) is 17.2 Å². The van der Waals surface area contributed by atoms with Crippen molar-refractivity contribution in [3.63, 3.8) is 0 Å². The molecule has 0 saturated heterocycles. The summed E-state index contributed by atoms with van der Waals surface area (Å²) in [4.78, 5) is 11.5. The van der Waals surface area contributed by atoms with E-state index in [0.29, 0.717) is 29.4 Å². The van der Waals surface area contributed by atoms with Crippen LogP contribution in [0.15, 0.2) is 48.7 Å². The molecule has 5 heteroatoms. The monoisotopic (exact) mass is 328 g/mol. The number of ether oxygens (including phenoxy) is 3. The Balaban J connectivity index is 2.47. The lowest BCUT2D eigenvalue weighted by Gasteiger charge is -2.16. The Morgan fingerprint density at radius 1 is 1.12 bits per heavy atom. The van der Waals surface area contributed by atoms with Crippen LogP contribution >= 0.6 is 0 Å². The van der Waals surface area contributed by atoms with Gasteiger partial charge in [-0.1, -0.05) is 30.3 Å². The van der Waals surface area contributed by atoms with Crippen molar-refractivity contribution in [2.24, 2.45) is 0 Å². The highest BCUT2D eigenvalue weighted by Crippen LogP contribution is 2.37. The van der Waals surface area contributed by atoms with E-state index in [1.165, 1.54) is 13.4 Å². The predicted octanol–water partition coefficient (Wildman–Crippen LogP) is 4.26. The van der Waals surface area contributed by atoms with Gasteiger partial charge in [0.25, 0.3) is 0 Å². The number of carbonyl (C=O) groups is 1. The zero-order chi connectivity index (χ0) is 17.5. The second-order valence-electron chi connectivity index (χ2n) is 5.01. The number of carboxylic acids is 1. The van der Waals surface area contributed by atoms with Gasteiger partial charge in [-0.25, -0.2) is 4.79 Å². The molecule has 2 aromatic carbocycles. The summed E-state index contributed by atoms with van der Waals surface area (Å²) in [6.45, 7) is 4.33. The van der Waals surface area contributed by atoms with Crippen molar-refractivity contribution in [2.75, 3.05) is 13.7 Å². The molecule has 24 heavy (non-hydrogen) atoms. The third-order valence-electron chi connectivity index (χ3n) is 3.33. The summed E-state index contributed by atoms with van der Waals surface area (Å²) in [6, 6.07) is 12.5. The maximum Gasteiger partial charge on any atom is 0.339 e. The van der Waals surface area contributed by atoms with Gasteiger partial charge in [-0.05, 0) is 31.5 Å². The minimum Gasteiger partial charge on any atom is -0.503 e. The van der Waals surface area contributed by atoms with Gasteiger partial charge in [0.15, 0.2) is 11.5 Å². The van der Waals surface area contributed by atoms with E-state index in [2.05, 4.69) is 0 Å². The number of aliphatic carboxylic acids is 1. The van der Waals surface area contributed by atoms with Crippen LogP contribution in [-0.4, -0.2) is 24.8 Å². The maximum absolute atomic E-state index is 11.5. The fourth-order valence-electron chi connectivity index (χ4n) is 2.28. The zero-order valence-corrected chi connectivity index (χ0v) is 13.9. The van der Waals surface area contributed by atoms with E-state index in [1.54, 1.807) is 30.3 Å². The van der Waals surface area contributed by atoms with Gasteiger partial charge in [0.1, 0.15) is 11.3 Å². The second-order valence-corrected chi connectivity index (χ2v) is 5.01. The molecular weight excluding hydrogens is 308 g/mol. The summed E-state index contributed by atoms with van der Waals surface area (Å²) in [5, 5.41) is 9.40. The third kappa shape index (κ3) is 3.87. The topological polar surface area (TPSA) is 65.0 Å². The Bertz CT molecular complexity index is 749. The van der Waals surface area contributed by atoms with Crippen molar-refractivity contribution < 1.29 is 24.1 Å². The van der Waals surface area contributed by atoms with Gasteiger partial charge < -0.3 is 19.3 Å². The first-order chi connectivity index (χ1) is 11.6. The molecule has 5 nitrogen and oxygen atoms in total. The van der Waals surface area contributed by atoms with E-state index in [-0.39, 0.29) is 5.57 Å². The average Bonchev–Trinajstić information content (AvgIpc) is 2.56. The Morgan fingerprint density at radius 3 is 2.50 bits per heavy atom. The Hall–Kier alpha value is -2.95. The lowest BCUT2D eigenvalue weighted by Crippen LogP contribution is -2.03. The molecule has 0 bridgehead atoms. The SMILES string of the molecule is CCOc1c(C)cccc1Oc1ccccc1/C(=C\OC)C(=O)O. The lowest BCUT2D eigenvalue weighted by molar-refractivity contribution is -0.130. The molecule has 0 saturated carbocycles. The highest BCUT2D eigenvalue weighted by molar-refractivity contribution is 6.15. The molecule has 0 unspecified atom stereocenters. The summed E-state index contributed by atoms with van der Waals surface area (Å²) < 4.78 is 16.5. The molecule has 126 valence electrons. The number of hydrogen-bond donors (Lipinski definition) is 1. The summed E-state index contributed by atoms with van der Waals surface area (Å²) >= 11 is 0. The Kier molecular flexibility index (Phi) is 5.84. The van der Waals surface area contributed by atoms with Gasteiger partial charge >= 0.3 is 5.97 Å². The van der Waals surface area contributed by atoms with Gasteiger partial charge in [0.05, 0.1) is 20.0 Å². The molecule has 0 atom stereocenters. The zero-order valence-electron chi connectivity index (χ0n) is 13.9. The maximum atomic E-state index is 11.5. The highest BCUT2D eigenvalue weighted by Gasteiger charge is 2.18. The number of carboxylic acid groups (broad SMARTS) is 1. The summed E-state index contributed by atoms with van der Waals surface area (Å²) in [5.41, 5.74) is 1.38. The molecule has 0 aliphatic rings. The van der Waals surface area contributed by atoms with Crippen molar-refractivity contribution in [3.8, 4) is 17.2 Å². The van der Waals surface area contributed by atoms with E-state index in [4.69, 9.17) is 14.2 Å². The number of hydrogen-bond acceptors (Lipinski definition) is 4. The fourth-order valence-corrected chi connectivity index (χ4v) is 2.28. The van der Waals surface area contributed by atoms with Gasteiger partial charge in [0.2, 0.25) is 0 Å². The summed E-state index contributed by atoms with van der Waals surface area (Å²) in [5.74, 6) is 0.491. The number of methoxy groups -OCH3 is 1. The normalized spacial score (nSPS) is 11.0. The Morgan fingerprint density at radius 2 is 1.83 bits per heavy atom.